The summed E-state index contributed by atoms with van der Waals surface area (Å²) in [5.41, 5.74) is 0. The SMILES string of the molecule is CCCN1CCC(Oc2cc3ccncc3cc2F)CC1.Cl. The van der Waals surface area contributed by atoms with Gasteiger partial charge in [0.25, 0.3) is 0 Å². The van der Waals surface area contributed by atoms with Gasteiger partial charge in [0, 0.05) is 30.9 Å². The lowest BCUT2D eigenvalue weighted by Crippen LogP contribution is -2.38. The highest BCUT2D eigenvalue weighted by Crippen LogP contribution is 2.27. The number of fused-ring (bicyclic) bond motifs is 1. The van der Waals surface area contributed by atoms with Gasteiger partial charge < -0.3 is 9.64 Å². The predicted octanol–water partition coefficient (Wildman–Crippen LogP) is 4.05. The molecule has 0 N–H and O–H groups in total. The summed E-state index contributed by atoms with van der Waals surface area (Å²) in [6.07, 6.45) is 6.62. The monoisotopic (exact) mass is 324 g/mol. The number of ether oxygens (including phenoxy) is 1. The molecule has 2 heterocycles. The molecule has 0 atom stereocenters. The van der Waals surface area contributed by atoms with Gasteiger partial charge in [-0.15, -0.1) is 12.4 Å². The van der Waals surface area contributed by atoms with Crippen LogP contribution in [-0.4, -0.2) is 35.6 Å². The van der Waals surface area contributed by atoms with E-state index < -0.39 is 0 Å². The fraction of sp³-hybridized carbons (Fsp3) is 0.471. The van der Waals surface area contributed by atoms with Crippen molar-refractivity contribution in [1.29, 1.82) is 0 Å². The first-order chi connectivity index (χ1) is 10.3. The van der Waals surface area contributed by atoms with E-state index in [2.05, 4.69) is 16.8 Å². The van der Waals surface area contributed by atoms with Crippen LogP contribution in [-0.2, 0) is 0 Å². The van der Waals surface area contributed by atoms with Gasteiger partial charge in [0.2, 0.25) is 0 Å². The summed E-state index contributed by atoms with van der Waals surface area (Å²) in [7, 11) is 0. The van der Waals surface area contributed by atoms with Gasteiger partial charge in [0.1, 0.15) is 6.10 Å². The van der Waals surface area contributed by atoms with Crippen molar-refractivity contribution in [2.45, 2.75) is 32.3 Å². The summed E-state index contributed by atoms with van der Waals surface area (Å²) in [5.74, 6) is 0.0640. The number of nitrogens with zero attached hydrogens (tertiary/aromatic N) is 2. The lowest BCUT2D eigenvalue weighted by molar-refractivity contribution is 0.0974. The summed E-state index contributed by atoms with van der Waals surface area (Å²) in [6.45, 7) is 5.42. The third-order valence-electron chi connectivity index (χ3n) is 4.06. The highest BCUT2D eigenvalue weighted by atomic mass is 35.5. The van der Waals surface area contributed by atoms with Crippen LogP contribution in [0.1, 0.15) is 26.2 Å². The predicted molar refractivity (Wildman–Crippen MR) is 89.3 cm³/mol. The zero-order valence-electron chi connectivity index (χ0n) is 12.8. The molecule has 0 saturated carbocycles. The maximum Gasteiger partial charge on any atom is 0.165 e. The maximum atomic E-state index is 14.1. The minimum absolute atomic E-state index is 0. The van der Waals surface area contributed by atoms with E-state index in [0.29, 0.717) is 5.75 Å². The molecule has 0 aliphatic carbocycles. The summed E-state index contributed by atoms with van der Waals surface area (Å²) in [6, 6.07) is 5.17. The summed E-state index contributed by atoms with van der Waals surface area (Å²) >= 11 is 0. The molecular formula is C17H22ClFN2O. The van der Waals surface area contributed by atoms with Crippen molar-refractivity contribution in [3.8, 4) is 5.75 Å². The standard InChI is InChI=1S/C17H21FN2O.ClH/c1-2-7-20-8-4-15(5-9-20)21-17-11-13-3-6-19-12-14(13)10-16(17)18;/h3,6,10-12,15H,2,4-5,7-9H2,1H3;1H. The van der Waals surface area contributed by atoms with E-state index in [4.69, 9.17) is 4.74 Å². The van der Waals surface area contributed by atoms with Gasteiger partial charge >= 0.3 is 0 Å². The Kier molecular flexibility index (Phi) is 5.98. The van der Waals surface area contributed by atoms with Crippen LogP contribution in [0.4, 0.5) is 4.39 Å². The fourth-order valence-corrected chi connectivity index (χ4v) is 2.92. The van der Waals surface area contributed by atoms with E-state index in [0.717, 1.165) is 43.2 Å². The van der Waals surface area contributed by atoms with Crippen molar-refractivity contribution in [2.75, 3.05) is 19.6 Å². The Balaban J connectivity index is 0.00000176. The van der Waals surface area contributed by atoms with Crippen LogP contribution in [0.5, 0.6) is 5.75 Å². The largest absolute Gasteiger partial charge is 0.487 e. The lowest BCUT2D eigenvalue weighted by atomic mass is 10.1. The number of hydrogen-bond acceptors (Lipinski definition) is 3. The number of pyridine rings is 1. The molecule has 1 aliphatic heterocycles. The molecule has 3 rings (SSSR count). The Morgan fingerprint density at radius 3 is 2.77 bits per heavy atom. The van der Waals surface area contributed by atoms with E-state index in [1.165, 1.54) is 12.5 Å². The Labute approximate surface area is 136 Å². The molecule has 0 radical (unpaired) electrons. The number of aromatic nitrogens is 1. The van der Waals surface area contributed by atoms with E-state index in [1.807, 2.05) is 6.07 Å². The van der Waals surface area contributed by atoms with E-state index in [9.17, 15) is 4.39 Å². The van der Waals surface area contributed by atoms with Gasteiger partial charge in [-0.3, -0.25) is 4.98 Å². The molecule has 1 fully saturated rings. The van der Waals surface area contributed by atoms with Crippen molar-refractivity contribution in [3.05, 3.63) is 36.4 Å². The second-order valence-electron chi connectivity index (χ2n) is 5.66. The number of benzene rings is 1. The van der Waals surface area contributed by atoms with E-state index >= 15 is 0 Å². The lowest BCUT2D eigenvalue weighted by Gasteiger charge is -2.31. The molecular weight excluding hydrogens is 303 g/mol. The summed E-state index contributed by atoms with van der Waals surface area (Å²) in [4.78, 5) is 6.46. The van der Waals surface area contributed by atoms with E-state index in [-0.39, 0.29) is 24.3 Å². The highest BCUT2D eigenvalue weighted by molar-refractivity contribution is 5.85. The van der Waals surface area contributed by atoms with Gasteiger partial charge in [-0.25, -0.2) is 4.39 Å². The molecule has 1 aromatic heterocycles. The number of rotatable bonds is 4. The summed E-state index contributed by atoms with van der Waals surface area (Å²) in [5, 5.41) is 1.77. The molecule has 0 unspecified atom stereocenters. The zero-order valence-corrected chi connectivity index (χ0v) is 13.6. The average Bonchev–Trinajstić information content (AvgIpc) is 2.50. The van der Waals surface area contributed by atoms with Gasteiger partial charge in [0.05, 0.1) is 0 Å². The quantitative estimate of drug-likeness (QED) is 0.848. The van der Waals surface area contributed by atoms with Crippen LogP contribution in [0.15, 0.2) is 30.6 Å². The van der Waals surface area contributed by atoms with Gasteiger partial charge in [-0.05, 0) is 49.4 Å². The van der Waals surface area contributed by atoms with Gasteiger partial charge in [-0.1, -0.05) is 6.92 Å². The van der Waals surface area contributed by atoms with Crippen LogP contribution in [0.2, 0.25) is 0 Å². The molecule has 0 amide bonds. The molecule has 120 valence electrons. The molecule has 5 heteroatoms. The molecule has 22 heavy (non-hydrogen) atoms. The fourth-order valence-electron chi connectivity index (χ4n) is 2.92. The Morgan fingerprint density at radius 2 is 2.05 bits per heavy atom. The van der Waals surface area contributed by atoms with Crippen LogP contribution < -0.4 is 4.74 Å². The normalized spacial score (nSPS) is 16.5. The van der Waals surface area contributed by atoms with Gasteiger partial charge in [0.15, 0.2) is 11.6 Å². The Hall–Kier alpha value is -1.39. The van der Waals surface area contributed by atoms with Crippen LogP contribution in [0, 0.1) is 5.82 Å². The molecule has 2 aromatic rings. The topological polar surface area (TPSA) is 25.4 Å². The minimum atomic E-state index is -0.300. The third-order valence-corrected chi connectivity index (χ3v) is 4.06. The van der Waals surface area contributed by atoms with E-state index in [1.54, 1.807) is 18.5 Å². The van der Waals surface area contributed by atoms with Crippen LogP contribution in [0.25, 0.3) is 10.8 Å². The summed E-state index contributed by atoms with van der Waals surface area (Å²) < 4.78 is 20.0. The molecule has 3 nitrogen and oxygen atoms in total. The number of piperidine rings is 1. The third kappa shape index (κ3) is 3.87. The smallest absolute Gasteiger partial charge is 0.165 e. The van der Waals surface area contributed by atoms with Crippen molar-refractivity contribution in [3.63, 3.8) is 0 Å². The number of halogens is 2. The Morgan fingerprint density at radius 1 is 1.27 bits per heavy atom. The molecule has 0 spiro atoms. The molecule has 1 aliphatic rings. The van der Waals surface area contributed by atoms with Crippen molar-refractivity contribution >= 4 is 23.2 Å². The first kappa shape index (κ1) is 17.0. The van der Waals surface area contributed by atoms with Crippen molar-refractivity contribution in [1.82, 2.24) is 9.88 Å². The maximum absolute atomic E-state index is 14.1. The highest BCUT2D eigenvalue weighted by Gasteiger charge is 2.21. The average molecular weight is 325 g/mol. The van der Waals surface area contributed by atoms with Crippen molar-refractivity contribution in [2.24, 2.45) is 0 Å². The second-order valence-corrected chi connectivity index (χ2v) is 5.66. The zero-order chi connectivity index (χ0) is 14.7. The second kappa shape index (κ2) is 7.75. The number of hydrogen-bond donors (Lipinski definition) is 0. The molecule has 1 aromatic carbocycles. The van der Waals surface area contributed by atoms with Crippen LogP contribution in [0.3, 0.4) is 0 Å². The van der Waals surface area contributed by atoms with Gasteiger partial charge in [-0.2, -0.15) is 0 Å². The Bertz CT molecular complexity index is 615. The molecule has 1 saturated heterocycles. The number of likely N-dealkylation sites (tertiary alicyclic amines) is 1. The van der Waals surface area contributed by atoms with Crippen LogP contribution >= 0.6 is 12.4 Å². The van der Waals surface area contributed by atoms with Crippen molar-refractivity contribution < 1.29 is 9.13 Å². The molecule has 0 bridgehead atoms. The first-order valence-electron chi connectivity index (χ1n) is 7.68. The first-order valence-corrected chi connectivity index (χ1v) is 7.68. The minimum Gasteiger partial charge on any atom is -0.487 e.